The van der Waals surface area contributed by atoms with Gasteiger partial charge in [-0.2, -0.15) is 4.31 Å². The second-order valence-corrected chi connectivity index (χ2v) is 10.9. The molecule has 1 saturated heterocycles. The van der Waals surface area contributed by atoms with E-state index in [-0.39, 0.29) is 0 Å². The van der Waals surface area contributed by atoms with Crippen LogP contribution in [0, 0.1) is 6.92 Å². The van der Waals surface area contributed by atoms with Crippen LogP contribution in [0.5, 0.6) is 0 Å². The van der Waals surface area contributed by atoms with Crippen molar-refractivity contribution in [1.82, 2.24) is 23.9 Å². The number of benzene rings is 1. The Labute approximate surface area is 203 Å². The molecule has 0 N–H and O–H groups in total. The number of hydrogen-bond acceptors (Lipinski definition) is 6. The molecule has 0 spiro atoms. The molecule has 1 heterocycles. The zero-order chi connectivity index (χ0) is 24.3. The molecule has 1 aliphatic rings. The van der Waals surface area contributed by atoms with Crippen LogP contribution in [0.1, 0.15) is 33.3 Å². The third kappa shape index (κ3) is 8.92. The zero-order valence-corrected chi connectivity index (χ0v) is 22.5. The van der Waals surface area contributed by atoms with Crippen molar-refractivity contribution in [3.8, 4) is 0 Å². The summed E-state index contributed by atoms with van der Waals surface area (Å²) in [6.07, 6.45) is 0. The Morgan fingerprint density at radius 2 is 0.879 bits per heavy atom. The molecule has 190 valence electrons. The zero-order valence-electron chi connectivity index (χ0n) is 21.7. The van der Waals surface area contributed by atoms with Gasteiger partial charge in [0.2, 0.25) is 10.0 Å². The van der Waals surface area contributed by atoms with Gasteiger partial charge in [-0.05, 0) is 45.2 Å². The van der Waals surface area contributed by atoms with Crippen molar-refractivity contribution in [2.45, 2.75) is 39.5 Å². The molecule has 1 aliphatic heterocycles. The quantitative estimate of drug-likeness (QED) is 0.621. The Morgan fingerprint density at radius 3 is 1.18 bits per heavy atom. The van der Waals surface area contributed by atoms with Crippen LogP contribution in [-0.2, 0) is 10.0 Å². The van der Waals surface area contributed by atoms with Crippen LogP contribution >= 0.6 is 0 Å². The monoisotopic (exact) mass is 481 g/mol. The van der Waals surface area contributed by atoms with Crippen molar-refractivity contribution < 1.29 is 8.42 Å². The number of likely N-dealkylation sites (N-methyl/N-ethyl adjacent to an activating group) is 4. The van der Waals surface area contributed by atoms with Gasteiger partial charge in [0.1, 0.15) is 0 Å². The second-order valence-electron chi connectivity index (χ2n) is 8.95. The fourth-order valence-corrected chi connectivity index (χ4v) is 5.70. The minimum absolute atomic E-state index is 0.395. The van der Waals surface area contributed by atoms with E-state index in [9.17, 15) is 8.42 Å². The average Bonchev–Trinajstić information content (AvgIpc) is 2.82. The van der Waals surface area contributed by atoms with Gasteiger partial charge >= 0.3 is 0 Å². The third-order valence-corrected chi connectivity index (χ3v) is 8.89. The molecule has 0 aliphatic carbocycles. The van der Waals surface area contributed by atoms with E-state index in [0.717, 1.165) is 84.1 Å². The van der Waals surface area contributed by atoms with Crippen LogP contribution in [0.25, 0.3) is 0 Å². The van der Waals surface area contributed by atoms with Gasteiger partial charge in [-0.15, -0.1) is 0 Å². The van der Waals surface area contributed by atoms with Crippen LogP contribution in [0.3, 0.4) is 0 Å². The molecule has 0 bridgehead atoms. The molecule has 8 heteroatoms. The van der Waals surface area contributed by atoms with Crippen LogP contribution < -0.4 is 0 Å². The highest BCUT2D eigenvalue weighted by Crippen LogP contribution is 2.17. The molecule has 0 amide bonds. The van der Waals surface area contributed by atoms with Crippen molar-refractivity contribution in [3.63, 3.8) is 0 Å². The van der Waals surface area contributed by atoms with Gasteiger partial charge in [-0.3, -0.25) is 0 Å². The van der Waals surface area contributed by atoms with E-state index in [1.807, 2.05) is 19.1 Å². The molecule has 0 unspecified atom stereocenters. The first-order chi connectivity index (χ1) is 15.8. The van der Waals surface area contributed by atoms with Crippen molar-refractivity contribution in [1.29, 1.82) is 0 Å². The Morgan fingerprint density at radius 1 is 0.576 bits per heavy atom. The summed E-state index contributed by atoms with van der Waals surface area (Å²) in [5, 5.41) is 0. The SMILES string of the molecule is CCN1CCN(CC)CCN(CC)CCN(S(=O)(=O)c2ccc(C)cc2)CCN(CC)CC1. The molecule has 1 fully saturated rings. The summed E-state index contributed by atoms with van der Waals surface area (Å²) in [6, 6.07) is 7.26. The lowest BCUT2D eigenvalue weighted by Crippen LogP contribution is -2.44. The molecule has 0 radical (unpaired) electrons. The van der Waals surface area contributed by atoms with Gasteiger partial charge in [0.15, 0.2) is 0 Å². The Balaban J connectivity index is 2.25. The molecular weight excluding hydrogens is 434 g/mol. The smallest absolute Gasteiger partial charge is 0.243 e. The predicted molar refractivity (Wildman–Crippen MR) is 138 cm³/mol. The lowest BCUT2D eigenvalue weighted by atomic mass is 10.2. The first-order valence-corrected chi connectivity index (χ1v) is 14.2. The Kier molecular flexibility index (Phi) is 12.3. The topological polar surface area (TPSA) is 50.3 Å². The van der Waals surface area contributed by atoms with Gasteiger partial charge in [0, 0.05) is 65.4 Å². The van der Waals surface area contributed by atoms with E-state index in [1.165, 1.54) is 0 Å². The highest BCUT2D eigenvalue weighted by atomic mass is 32.2. The maximum Gasteiger partial charge on any atom is 0.243 e. The van der Waals surface area contributed by atoms with E-state index in [4.69, 9.17) is 0 Å². The molecule has 33 heavy (non-hydrogen) atoms. The number of hydrogen-bond donors (Lipinski definition) is 0. The van der Waals surface area contributed by atoms with Gasteiger partial charge < -0.3 is 19.6 Å². The summed E-state index contributed by atoms with van der Waals surface area (Å²) in [5.41, 5.74) is 1.07. The number of aryl methyl sites for hydroxylation is 1. The maximum absolute atomic E-state index is 13.6. The van der Waals surface area contributed by atoms with E-state index in [0.29, 0.717) is 18.0 Å². The van der Waals surface area contributed by atoms with Gasteiger partial charge in [0.25, 0.3) is 0 Å². The number of nitrogens with zero attached hydrogens (tertiary/aromatic N) is 5. The first kappa shape index (κ1) is 28.2. The first-order valence-electron chi connectivity index (χ1n) is 12.8. The maximum atomic E-state index is 13.6. The fourth-order valence-electron chi connectivity index (χ4n) is 4.28. The lowest BCUT2D eigenvalue weighted by Gasteiger charge is -2.29. The third-order valence-electron chi connectivity index (χ3n) is 6.98. The summed E-state index contributed by atoms with van der Waals surface area (Å²) in [7, 11) is -3.53. The highest BCUT2D eigenvalue weighted by molar-refractivity contribution is 7.89. The molecular formula is C25H47N5O2S. The predicted octanol–water partition coefficient (Wildman–Crippen LogP) is 2.29. The highest BCUT2D eigenvalue weighted by Gasteiger charge is 2.25. The second kappa shape index (κ2) is 14.4. The van der Waals surface area contributed by atoms with Crippen LogP contribution in [-0.4, -0.2) is 124 Å². The molecule has 2 rings (SSSR count). The fraction of sp³-hybridized carbons (Fsp3) is 0.760. The average molecular weight is 482 g/mol. The summed E-state index contributed by atoms with van der Waals surface area (Å²) in [5.74, 6) is 0. The Bertz CT molecular complexity index is 744. The number of rotatable bonds is 6. The molecule has 7 nitrogen and oxygen atoms in total. The summed E-state index contributed by atoms with van der Waals surface area (Å²) >= 11 is 0. The molecule has 1 aromatic rings. The lowest BCUT2D eigenvalue weighted by molar-refractivity contribution is 0.176. The largest absolute Gasteiger partial charge is 0.301 e. The molecule has 0 aromatic heterocycles. The summed E-state index contributed by atoms with van der Waals surface area (Å²) < 4.78 is 28.8. The van der Waals surface area contributed by atoms with Crippen molar-refractivity contribution >= 4 is 10.0 Å². The van der Waals surface area contributed by atoms with E-state index >= 15 is 0 Å². The minimum Gasteiger partial charge on any atom is -0.301 e. The Hall–Kier alpha value is -1.03. The van der Waals surface area contributed by atoms with Crippen LogP contribution in [0.15, 0.2) is 29.2 Å². The molecule has 0 atom stereocenters. The minimum atomic E-state index is -3.53. The van der Waals surface area contributed by atoms with Gasteiger partial charge in [0.05, 0.1) is 4.90 Å². The summed E-state index contributed by atoms with van der Waals surface area (Å²) in [4.78, 5) is 10.2. The van der Waals surface area contributed by atoms with Gasteiger partial charge in [-0.25, -0.2) is 8.42 Å². The van der Waals surface area contributed by atoms with Crippen molar-refractivity contribution in [2.24, 2.45) is 0 Å². The van der Waals surface area contributed by atoms with Crippen molar-refractivity contribution in [3.05, 3.63) is 29.8 Å². The van der Waals surface area contributed by atoms with E-state index in [1.54, 1.807) is 16.4 Å². The normalized spacial score (nSPS) is 21.0. The molecule has 1 aromatic carbocycles. The van der Waals surface area contributed by atoms with Crippen LogP contribution in [0.2, 0.25) is 0 Å². The van der Waals surface area contributed by atoms with E-state index < -0.39 is 10.0 Å². The standard InChI is InChI=1S/C25H47N5O2S/c1-6-26-14-15-27(7-2)17-19-29(9-4)21-23-30(22-20-28(8-3)18-16-26)33(31,32)25-12-10-24(5)11-13-25/h10-13H,6-9,14-23H2,1-5H3. The van der Waals surface area contributed by atoms with Gasteiger partial charge in [-0.1, -0.05) is 45.4 Å². The molecule has 0 saturated carbocycles. The van der Waals surface area contributed by atoms with Crippen LogP contribution in [0.4, 0.5) is 0 Å². The number of sulfonamides is 1. The van der Waals surface area contributed by atoms with E-state index in [2.05, 4.69) is 47.3 Å². The summed E-state index contributed by atoms with van der Waals surface area (Å²) in [6.45, 7) is 23.4. The van der Waals surface area contributed by atoms with Crippen molar-refractivity contribution in [2.75, 3.05) is 91.6 Å².